The Hall–Kier alpha value is -3.26. The molecule has 0 saturated heterocycles. The summed E-state index contributed by atoms with van der Waals surface area (Å²) in [5.41, 5.74) is 4.23. The lowest BCUT2D eigenvalue weighted by atomic mass is 10.00. The molecule has 4 bridgehead atoms. The molecule has 2 heterocycles. The van der Waals surface area contributed by atoms with Crippen LogP contribution in [-0.4, -0.2) is 33.2 Å². The highest BCUT2D eigenvalue weighted by Gasteiger charge is 2.16. The number of nitrogens with one attached hydrogen (secondary N) is 2. The van der Waals surface area contributed by atoms with Crippen LogP contribution in [0.15, 0.2) is 53.4 Å². The Labute approximate surface area is 171 Å². The third-order valence-electron chi connectivity index (χ3n) is 4.57. The fourth-order valence-electron chi connectivity index (χ4n) is 3.21. The van der Waals surface area contributed by atoms with Gasteiger partial charge in [-0.3, -0.25) is 9.52 Å². The van der Waals surface area contributed by atoms with E-state index in [1.54, 1.807) is 30.3 Å². The molecule has 1 aromatic heterocycles. The summed E-state index contributed by atoms with van der Waals surface area (Å²) in [6, 6.07) is 14.4. The number of benzene rings is 2. The van der Waals surface area contributed by atoms with Crippen LogP contribution in [0.25, 0.3) is 11.3 Å². The number of nitrogens with zero attached hydrogens (tertiary/aromatic N) is 2. The Morgan fingerprint density at radius 1 is 1.03 bits per heavy atom. The molecule has 4 rings (SSSR count). The SMILES string of the molecule is Cc1cccc(C)c1-c1cc2nc(n1)NS(=O)c1cccc(c1)C(=O)NCCO2. The van der Waals surface area contributed by atoms with Crippen LogP contribution in [0.2, 0.25) is 0 Å². The smallest absolute Gasteiger partial charge is 0.251 e. The van der Waals surface area contributed by atoms with E-state index in [1.807, 2.05) is 32.0 Å². The van der Waals surface area contributed by atoms with Gasteiger partial charge in [0.15, 0.2) is 11.0 Å². The van der Waals surface area contributed by atoms with Crippen LogP contribution in [-0.2, 0) is 11.0 Å². The third-order valence-corrected chi connectivity index (χ3v) is 5.62. The molecule has 1 amide bonds. The number of anilines is 1. The van der Waals surface area contributed by atoms with Crippen molar-refractivity contribution >= 4 is 22.8 Å². The maximum atomic E-state index is 12.8. The molecule has 0 spiro atoms. The molecule has 1 unspecified atom stereocenters. The Morgan fingerprint density at radius 2 is 1.79 bits per heavy atom. The van der Waals surface area contributed by atoms with Crippen LogP contribution in [0.1, 0.15) is 21.5 Å². The second kappa shape index (κ2) is 8.00. The van der Waals surface area contributed by atoms with Crippen molar-refractivity contribution in [3.05, 3.63) is 65.2 Å². The normalized spacial score (nSPS) is 16.3. The maximum Gasteiger partial charge on any atom is 0.251 e. The van der Waals surface area contributed by atoms with Gasteiger partial charge in [0.05, 0.1) is 17.1 Å². The van der Waals surface area contributed by atoms with Crippen molar-refractivity contribution in [2.75, 3.05) is 17.9 Å². The zero-order chi connectivity index (χ0) is 20.4. The van der Waals surface area contributed by atoms with E-state index in [-0.39, 0.29) is 18.5 Å². The first-order valence-electron chi connectivity index (χ1n) is 9.16. The Morgan fingerprint density at radius 3 is 2.59 bits per heavy atom. The summed E-state index contributed by atoms with van der Waals surface area (Å²) in [5.74, 6) is 0.292. The molecule has 0 radical (unpaired) electrons. The molecule has 1 atom stereocenters. The number of hydrogen-bond donors (Lipinski definition) is 2. The average molecular weight is 408 g/mol. The second-order valence-corrected chi connectivity index (χ2v) is 7.90. The molecule has 1 aliphatic rings. The minimum atomic E-state index is -1.64. The number of amides is 1. The molecular weight excluding hydrogens is 388 g/mol. The Kier molecular flexibility index (Phi) is 5.26. The van der Waals surface area contributed by atoms with Crippen molar-refractivity contribution in [3.8, 4) is 17.1 Å². The van der Waals surface area contributed by atoms with E-state index in [1.165, 1.54) is 0 Å². The number of carbonyl (C=O) groups is 1. The van der Waals surface area contributed by atoms with Crippen molar-refractivity contribution in [1.82, 2.24) is 15.3 Å². The van der Waals surface area contributed by atoms with E-state index in [9.17, 15) is 9.00 Å². The first-order valence-corrected chi connectivity index (χ1v) is 10.3. The molecule has 3 aromatic rings. The topological polar surface area (TPSA) is 93.2 Å². The first kappa shape index (κ1) is 19.1. The molecule has 2 aromatic carbocycles. The Bertz CT molecular complexity index is 1100. The summed E-state index contributed by atoms with van der Waals surface area (Å²) in [5, 5.41) is 2.79. The lowest BCUT2D eigenvalue weighted by Gasteiger charge is -2.13. The van der Waals surface area contributed by atoms with Crippen LogP contribution in [0, 0.1) is 13.8 Å². The molecule has 7 nitrogen and oxygen atoms in total. The summed E-state index contributed by atoms with van der Waals surface area (Å²) in [7, 11) is -1.64. The van der Waals surface area contributed by atoms with Gasteiger partial charge in [-0.25, -0.2) is 9.19 Å². The summed E-state index contributed by atoms with van der Waals surface area (Å²) >= 11 is 0. The number of carbonyl (C=O) groups excluding carboxylic acids is 1. The number of aryl methyl sites for hydroxylation is 2. The molecule has 0 fully saturated rings. The highest BCUT2D eigenvalue weighted by atomic mass is 32.2. The van der Waals surface area contributed by atoms with Gasteiger partial charge in [-0.1, -0.05) is 24.3 Å². The van der Waals surface area contributed by atoms with Gasteiger partial charge >= 0.3 is 0 Å². The quantitative estimate of drug-likeness (QED) is 0.646. The number of rotatable bonds is 1. The number of ether oxygens (including phenoxy) is 1. The van der Waals surface area contributed by atoms with Crippen LogP contribution < -0.4 is 14.8 Å². The van der Waals surface area contributed by atoms with Crippen molar-refractivity contribution in [1.29, 1.82) is 0 Å². The monoisotopic (exact) mass is 408 g/mol. The van der Waals surface area contributed by atoms with Gasteiger partial charge in [-0.15, -0.1) is 0 Å². The van der Waals surface area contributed by atoms with Crippen LogP contribution >= 0.6 is 0 Å². The van der Waals surface area contributed by atoms with E-state index >= 15 is 0 Å². The van der Waals surface area contributed by atoms with E-state index in [2.05, 4.69) is 20.0 Å². The molecule has 0 aliphatic carbocycles. The van der Waals surface area contributed by atoms with Crippen molar-refractivity contribution in [2.24, 2.45) is 0 Å². The average Bonchev–Trinajstić information content (AvgIpc) is 2.70. The largest absolute Gasteiger partial charge is 0.476 e. The molecule has 29 heavy (non-hydrogen) atoms. The van der Waals surface area contributed by atoms with E-state index in [4.69, 9.17) is 4.74 Å². The van der Waals surface area contributed by atoms with E-state index in [0.29, 0.717) is 28.6 Å². The van der Waals surface area contributed by atoms with Gasteiger partial charge < -0.3 is 10.1 Å². The summed E-state index contributed by atoms with van der Waals surface area (Å²) in [6.07, 6.45) is 0. The number of hydrogen-bond acceptors (Lipinski definition) is 5. The van der Waals surface area contributed by atoms with Crippen LogP contribution in [0.3, 0.4) is 0 Å². The highest BCUT2D eigenvalue weighted by molar-refractivity contribution is 7.86. The molecule has 2 N–H and O–H groups in total. The highest BCUT2D eigenvalue weighted by Crippen LogP contribution is 2.29. The minimum absolute atomic E-state index is 0.197. The van der Waals surface area contributed by atoms with E-state index < -0.39 is 11.0 Å². The summed E-state index contributed by atoms with van der Waals surface area (Å²) in [4.78, 5) is 21.6. The molecule has 148 valence electrons. The van der Waals surface area contributed by atoms with Gasteiger partial charge in [-0.2, -0.15) is 4.98 Å². The summed E-state index contributed by atoms with van der Waals surface area (Å²) in [6.45, 7) is 4.59. The fourth-order valence-corrected chi connectivity index (χ4v) is 4.02. The van der Waals surface area contributed by atoms with Gasteiger partial charge in [0.25, 0.3) is 5.91 Å². The lowest BCUT2D eigenvalue weighted by molar-refractivity contribution is 0.0946. The summed E-state index contributed by atoms with van der Waals surface area (Å²) < 4.78 is 21.4. The zero-order valence-corrected chi connectivity index (χ0v) is 16.9. The first-order chi connectivity index (χ1) is 14.0. The molecule has 0 saturated carbocycles. The zero-order valence-electron chi connectivity index (χ0n) is 16.1. The second-order valence-electron chi connectivity index (χ2n) is 6.68. The van der Waals surface area contributed by atoms with Gasteiger partial charge in [-0.05, 0) is 43.2 Å². The molecule has 8 heteroatoms. The van der Waals surface area contributed by atoms with Gasteiger partial charge in [0.1, 0.15) is 6.61 Å². The molecule has 1 aliphatic heterocycles. The van der Waals surface area contributed by atoms with Gasteiger partial charge in [0, 0.05) is 17.2 Å². The Balaban J connectivity index is 1.79. The van der Waals surface area contributed by atoms with Crippen LogP contribution in [0.4, 0.5) is 5.95 Å². The van der Waals surface area contributed by atoms with Crippen molar-refractivity contribution < 1.29 is 13.7 Å². The molecular formula is C21H20N4O3S. The minimum Gasteiger partial charge on any atom is -0.476 e. The van der Waals surface area contributed by atoms with Crippen molar-refractivity contribution in [2.45, 2.75) is 18.7 Å². The van der Waals surface area contributed by atoms with E-state index in [0.717, 1.165) is 16.7 Å². The number of fused-ring (bicyclic) bond motifs is 4. The third kappa shape index (κ3) is 4.12. The number of aromatic nitrogens is 2. The van der Waals surface area contributed by atoms with Crippen molar-refractivity contribution in [3.63, 3.8) is 0 Å². The van der Waals surface area contributed by atoms with Gasteiger partial charge in [0.2, 0.25) is 11.8 Å². The predicted octanol–water partition coefficient (Wildman–Crippen LogP) is 3.02. The fraction of sp³-hybridized carbons (Fsp3) is 0.190. The van der Waals surface area contributed by atoms with Crippen LogP contribution in [0.5, 0.6) is 5.88 Å². The predicted molar refractivity (Wildman–Crippen MR) is 111 cm³/mol. The lowest BCUT2D eigenvalue weighted by Crippen LogP contribution is -2.28. The maximum absolute atomic E-state index is 12.8. The standard InChI is InChI=1S/C21H20N4O3S/c1-13-5-3-6-14(2)19(13)17-12-18-24-21(23-17)25-29(27)16-8-4-7-15(11-16)20(26)22-9-10-28-18/h3-8,11-12H,9-10H2,1-2H3,(H,22,26)(H,23,24,25).